The summed E-state index contributed by atoms with van der Waals surface area (Å²) in [7, 11) is 1.61. The van der Waals surface area contributed by atoms with Gasteiger partial charge in [-0.25, -0.2) is 13.2 Å². The highest BCUT2D eigenvalue weighted by molar-refractivity contribution is 5.76. The highest BCUT2D eigenvalue weighted by Gasteiger charge is 2.18. The van der Waals surface area contributed by atoms with Crippen molar-refractivity contribution in [2.45, 2.75) is 25.8 Å². The van der Waals surface area contributed by atoms with E-state index in [0.29, 0.717) is 12.0 Å². The third kappa shape index (κ3) is 4.34. The van der Waals surface area contributed by atoms with E-state index in [1.54, 1.807) is 26.1 Å². The summed E-state index contributed by atoms with van der Waals surface area (Å²) in [6, 6.07) is 9.32. The Labute approximate surface area is 133 Å². The zero-order chi connectivity index (χ0) is 17.0. The van der Waals surface area contributed by atoms with Gasteiger partial charge in [0.15, 0.2) is 11.6 Å². The van der Waals surface area contributed by atoms with E-state index in [1.165, 1.54) is 23.1 Å². The Bertz CT molecular complexity index is 702. The number of nitrogens with zero attached hydrogens (tertiary/aromatic N) is 1. The lowest BCUT2D eigenvalue weighted by Gasteiger charge is -2.25. The van der Waals surface area contributed by atoms with Crippen LogP contribution in [0.25, 0.3) is 0 Å². The standard InChI is InChI=1S/C18H18F3NO/c1-12(14-7-8-16(20)17(21)11-14)22(2)18(23)9-6-13-4-3-5-15(19)10-13/h3-5,7-8,10-12H,6,9H2,1-2H3. The second-order valence-corrected chi connectivity index (χ2v) is 5.48. The molecular weight excluding hydrogens is 303 g/mol. The van der Waals surface area contributed by atoms with Gasteiger partial charge in [-0.2, -0.15) is 0 Å². The molecule has 0 radical (unpaired) electrons. The van der Waals surface area contributed by atoms with Crippen LogP contribution in [0.3, 0.4) is 0 Å². The largest absolute Gasteiger partial charge is 0.339 e. The molecule has 0 heterocycles. The Hall–Kier alpha value is -2.30. The smallest absolute Gasteiger partial charge is 0.223 e. The van der Waals surface area contributed by atoms with E-state index in [-0.39, 0.29) is 24.2 Å². The topological polar surface area (TPSA) is 20.3 Å². The molecule has 1 amide bonds. The van der Waals surface area contributed by atoms with Gasteiger partial charge in [0, 0.05) is 13.5 Å². The molecule has 0 aliphatic heterocycles. The van der Waals surface area contributed by atoms with Crippen LogP contribution >= 0.6 is 0 Å². The van der Waals surface area contributed by atoms with Gasteiger partial charge >= 0.3 is 0 Å². The van der Waals surface area contributed by atoms with Crippen molar-refractivity contribution in [2.75, 3.05) is 7.05 Å². The van der Waals surface area contributed by atoms with E-state index < -0.39 is 11.6 Å². The van der Waals surface area contributed by atoms with Crippen LogP contribution in [0, 0.1) is 17.5 Å². The summed E-state index contributed by atoms with van der Waals surface area (Å²) in [6.45, 7) is 1.74. The van der Waals surface area contributed by atoms with E-state index in [0.717, 1.165) is 17.7 Å². The van der Waals surface area contributed by atoms with Gasteiger partial charge in [-0.3, -0.25) is 4.79 Å². The van der Waals surface area contributed by atoms with Gasteiger partial charge in [-0.05, 0) is 48.7 Å². The van der Waals surface area contributed by atoms with Crippen LogP contribution in [0.4, 0.5) is 13.2 Å². The number of carbonyl (C=O) groups excluding carboxylic acids is 1. The van der Waals surface area contributed by atoms with Gasteiger partial charge in [-0.1, -0.05) is 18.2 Å². The molecule has 0 saturated carbocycles. The third-order valence-corrected chi connectivity index (χ3v) is 3.92. The maximum absolute atomic E-state index is 13.3. The van der Waals surface area contributed by atoms with Gasteiger partial charge in [0.25, 0.3) is 0 Å². The van der Waals surface area contributed by atoms with Crippen molar-refractivity contribution < 1.29 is 18.0 Å². The van der Waals surface area contributed by atoms with Crippen molar-refractivity contribution in [3.63, 3.8) is 0 Å². The molecule has 0 aliphatic carbocycles. The van der Waals surface area contributed by atoms with Crippen molar-refractivity contribution in [3.8, 4) is 0 Å². The number of hydrogen-bond donors (Lipinski definition) is 0. The van der Waals surface area contributed by atoms with Gasteiger partial charge in [0.1, 0.15) is 5.82 Å². The van der Waals surface area contributed by atoms with Crippen LogP contribution < -0.4 is 0 Å². The predicted octanol–water partition coefficient (Wildman–Crippen LogP) is 4.26. The van der Waals surface area contributed by atoms with Crippen LogP contribution in [0.5, 0.6) is 0 Å². The fourth-order valence-corrected chi connectivity index (χ4v) is 2.33. The summed E-state index contributed by atoms with van der Waals surface area (Å²) in [6.07, 6.45) is 0.638. The van der Waals surface area contributed by atoms with Crippen LogP contribution in [-0.4, -0.2) is 17.9 Å². The lowest BCUT2D eigenvalue weighted by atomic mass is 10.1. The molecule has 0 bridgehead atoms. The fourth-order valence-electron chi connectivity index (χ4n) is 2.33. The molecule has 0 aliphatic rings. The number of benzene rings is 2. The molecule has 1 atom stereocenters. The van der Waals surface area contributed by atoms with E-state index in [9.17, 15) is 18.0 Å². The summed E-state index contributed by atoms with van der Waals surface area (Å²) in [5, 5.41) is 0. The summed E-state index contributed by atoms with van der Waals surface area (Å²) in [5.41, 5.74) is 1.26. The van der Waals surface area contributed by atoms with Crippen molar-refractivity contribution in [1.29, 1.82) is 0 Å². The number of carbonyl (C=O) groups is 1. The summed E-state index contributed by atoms with van der Waals surface area (Å²) >= 11 is 0. The molecule has 1 unspecified atom stereocenters. The Morgan fingerprint density at radius 2 is 1.83 bits per heavy atom. The first-order chi connectivity index (χ1) is 10.9. The molecule has 0 fully saturated rings. The van der Waals surface area contributed by atoms with E-state index in [1.807, 2.05) is 0 Å². The first-order valence-corrected chi connectivity index (χ1v) is 7.33. The van der Waals surface area contributed by atoms with Crippen LogP contribution in [0.15, 0.2) is 42.5 Å². The maximum Gasteiger partial charge on any atom is 0.223 e. The highest BCUT2D eigenvalue weighted by Crippen LogP contribution is 2.22. The molecule has 5 heteroatoms. The monoisotopic (exact) mass is 321 g/mol. The molecule has 2 nitrogen and oxygen atoms in total. The summed E-state index contributed by atoms with van der Waals surface area (Å²) in [4.78, 5) is 13.7. The number of amides is 1. The third-order valence-electron chi connectivity index (χ3n) is 3.92. The van der Waals surface area contributed by atoms with E-state index >= 15 is 0 Å². The molecular formula is C18H18F3NO. The minimum Gasteiger partial charge on any atom is -0.339 e. The molecule has 2 aromatic rings. The minimum absolute atomic E-state index is 0.147. The molecule has 2 aromatic carbocycles. The Morgan fingerprint density at radius 3 is 2.48 bits per heavy atom. The first kappa shape index (κ1) is 17.1. The van der Waals surface area contributed by atoms with Gasteiger partial charge in [0.05, 0.1) is 6.04 Å². The summed E-state index contributed by atoms with van der Waals surface area (Å²) < 4.78 is 39.4. The molecule has 23 heavy (non-hydrogen) atoms. The van der Waals surface area contributed by atoms with E-state index in [2.05, 4.69) is 0 Å². The highest BCUT2D eigenvalue weighted by atomic mass is 19.2. The molecule has 0 aromatic heterocycles. The second kappa shape index (κ2) is 7.31. The summed E-state index contributed by atoms with van der Waals surface area (Å²) in [5.74, 6) is -2.33. The second-order valence-electron chi connectivity index (χ2n) is 5.48. The fraction of sp³-hybridized carbons (Fsp3) is 0.278. The molecule has 0 saturated heterocycles. The molecule has 2 rings (SSSR count). The van der Waals surface area contributed by atoms with Crippen LogP contribution in [0.2, 0.25) is 0 Å². The van der Waals surface area contributed by atoms with Crippen LogP contribution in [0.1, 0.15) is 30.5 Å². The Kier molecular flexibility index (Phi) is 5.42. The van der Waals surface area contributed by atoms with Gasteiger partial charge < -0.3 is 4.90 Å². The minimum atomic E-state index is -0.935. The normalized spacial score (nSPS) is 12.0. The first-order valence-electron chi connectivity index (χ1n) is 7.33. The lowest BCUT2D eigenvalue weighted by molar-refractivity contribution is -0.131. The Morgan fingerprint density at radius 1 is 1.09 bits per heavy atom. The number of rotatable bonds is 5. The molecule has 0 N–H and O–H groups in total. The SMILES string of the molecule is CC(c1ccc(F)c(F)c1)N(C)C(=O)CCc1cccc(F)c1. The Balaban J connectivity index is 1.99. The van der Waals surface area contributed by atoms with Crippen molar-refractivity contribution in [3.05, 3.63) is 71.0 Å². The van der Waals surface area contributed by atoms with Crippen molar-refractivity contribution in [2.24, 2.45) is 0 Å². The lowest BCUT2D eigenvalue weighted by Crippen LogP contribution is -2.29. The maximum atomic E-state index is 13.3. The van der Waals surface area contributed by atoms with Gasteiger partial charge in [0.2, 0.25) is 5.91 Å². The predicted molar refractivity (Wildman–Crippen MR) is 82.3 cm³/mol. The number of aryl methyl sites for hydroxylation is 1. The number of halogens is 3. The average molecular weight is 321 g/mol. The van der Waals surface area contributed by atoms with E-state index in [4.69, 9.17) is 0 Å². The zero-order valence-corrected chi connectivity index (χ0v) is 13.0. The number of hydrogen-bond acceptors (Lipinski definition) is 1. The van der Waals surface area contributed by atoms with Crippen molar-refractivity contribution >= 4 is 5.91 Å². The quantitative estimate of drug-likeness (QED) is 0.806. The van der Waals surface area contributed by atoms with Crippen LogP contribution in [-0.2, 0) is 11.2 Å². The molecule has 122 valence electrons. The zero-order valence-electron chi connectivity index (χ0n) is 13.0. The van der Waals surface area contributed by atoms with Crippen molar-refractivity contribution in [1.82, 2.24) is 4.90 Å². The average Bonchev–Trinajstić information content (AvgIpc) is 2.54. The van der Waals surface area contributed by atoms with Gasteiger partial charge in [-0.15, -0.1) is 0 Å². The molecule has 0 spiro atoms.